The maximum absolute atomic E-state index is 12.9. The van der Waals surface area contributed by atoms with E-state index < -0.39 is 32.7 Å². The van der Waals surface area contributed by atoms with E-state index >= 15 is 0 Å². The quantitative estimate of drug-likeness (QED) is 0.0245. The summed E-state index contributed by atoms with van der Waals surface area (Å²) in [6.45, 7) is 4.43. The van der Waals surface area contributed by atoms with Crippen LogP contribution in [0, 0.1) is 0 Å². The van der Waals surface area contributed by atoms with Crippen molar-refractivity contribution in [1.82, 2.24) is 5.32 Å². The number of hydrogen-bond donors (Lipinski definition) is 3. The number of allylic oxidation sites excluding steroid dienone is 2. The number of hydrogen-bond acceptors (Lipinski definition) is 7. The van der Waals surface area contributed by atoms with Crippen LogP contribution in [0.2, 0.25) is 0 Å². The van der Waals surface area contributed by atoms with E-state index in [-0.39, 0.29) is 18.9 Å². The average molecular weight is 775 g/mol. The number of phosphoric ester groups is 1. The van der Waals surface area contributed by atoms with Crippen molar-refractivity contribution < 1.29 is 38.0 Å². The maximum Gasteiger partial charge on any atom is 0.268 e. The zero-order chi connectivity index (χ0) is 39.5. The summed E-state index contributed by atoms with van der Waals surface area (Å²) in [5.74, 6) is -0.283. The van der Waals surface area contributed by atoms with Crippen molar-refractivity contribution in [2.24, 2.45) is 0 Å². The number of unbranched alkanes of at least 4 members (excludes halogenated alkanes) is 24. The van der Waals surface area contributed by atoms with Crippen LogP contribution >= 0.6 is 7.82 Å². The summed E-state index contributed by atoms with van der Waals surface area (Å²) in [5.41, 5.74) is 0. The molecular formula is C43H87N2O7P. The van der Waals surface area contributed by atoms with Gasteiger partial charge in [-0.1, -0.05) is 167 Å². The number of likely N-dealkylation sites (N-methyl/N-ethyl adjacent to an activating group) is 1. The molecule has 10 heteroatoms. The van der Waals surface area contributed by atoms with Crippen molar-refractivity contribution in [3.8, 4) is 0 Å². The zero-order valence-corrected chi connectivity index (χ0v) is 36.2. The van der Waals surface area contributed by atoms with Crippen LogP contribution in [0.1, 0.15) is 200 Å². The fraction of sp³-hybridized carbons (Fsp3) is 0.930. The first kappa shape index (κ1) is 52.2. The second-order valence-electron chi connectivity index (χ2n) is 16.5. The zero-order valence-electron chi connectivity index (χ0n) is 35.3. The highest BCUT2D eigenvalue weighted by atomic mass is 31.2. The molecule has 0 fully saturated rings. The average Bonchev–Trinajstić information content (AvgIpc) is 3.10. The molecule has 0 heterocycles. The molecule has 1 amide bonds. The fourth-order valence-corrected chi connectivity index (χ4v) is 7.21. The van der Waals surface area contributed by atoms with Crippen LogP contribution < -0.4 is 10.2 Å². The van der Waals surface area contributed by atoms with Crippen molar-refractivity contribution >= 4 is 13.7 Å². The summed E-state index contributed by atoms with van der Waals surface area (Å²) in [6, 6.07) is -1.07. The van der Waals surface area contributed by atoms with E-state index in [4.69, 9.17) is 9.05 Å². The van der Waals surface area contributed by atoms with Gasteiger partial charge in [0.1, 0.15) is 19.3 Å². The highest BCUT2D eigenvalue weighted by molar-refractivity contribution is 7.45. The molecule has 0 saturated carbocycles. The Morgan fingerprint density at radius 3 is 1.53 bits per heavy atom. The third-order valence-corrected chi connectivity index (χ3v) is 11.1. The maximum atomic E-state index is 12.9. The standard InChI is InChI=1S/C43H87N2O7P/c1-6-8-10-12-14-16-18-20-21-22-23-24-26-28-30-32-34-36-42(47)44-40(39-52-53(49,50)51-38-37-45(3,4)5)43(48)41(46)35-33-31-29-27-25-19-17-15-13-11-9-7-2/h20-21,40-41,43,46,48H,6-19,22-39H2,1-5H3,(H-,44,47,49,50)/b21-20-. The van der Waals surface area contributed by atoms with E-state index in [0.717, 1.165) is 44.9 Å². The first-order valence-electron chi connectivity index (χ1n) is 22.1. The summed E-state index contributed by atoms with van der Waals surface area (Å²) < 4.78 is 23.1. The molecule has 0 radical (unpaired) electrons. The third kappa shape index (κ3) is 36.6. The SMILES string of the molecule is CCCCCCCC/C=C\CCCCCCCCCC(=O)NC(COP(=O)([O-])OCC[N+](C)(C)C)C(O)C(O)CCCCCCCCCCCCCC. The first-order valence-corrected chi connectivity index (χ1v) is 23.6. The number of aliphatic hydroxyl groups is 2. The number of aliphatic hydroxyl groups excluding tert-OH is 2. The predicted molar refractivity (Wildman–Crippen MR) is 221 cm³/mol. The Morgan fingerprint density at radius 1 is 0.660 bits per heavy atom. The first-order chi connectivity index (χ1) is 25.4. The van der Waals surface area contributed by atoms with E-state index in [1.807, 2.05) is 21.1 Å². The van der Waals surface area contributed by atoms with Gasteiger partial charge >= 0.3 is 0 Å². The molecule has 0 aliphatic heterocycles. The van der Waals surface area contributed by atoms with Crippen LogP contribution in [-0.4, -0.2) is 79.8 Å². The van der Waals surface area contributed by atoms with E-state index in [1.54, 1.807) is 0 Å². The van der Waals surface area contributed by atoms with Gasteiger partial charge < -0.3 is 34.0 Å². The monoisotopic (exact) mass is 775 g/mol. The van der Waals surface area contributed by atoms with Gasteiger partial charge in [0.2, 0.25) is 5.91 Å². The molecule has 0 bridgehead atoms. The van der Waals surface area contributed by atoms with Crippen LogP contribution in [0.3, 0.4) is 0 Å². The minimum absolute atomic E-state index is 0.0399. The molecule has 0 aromatic rings. The molecule has 0 aliphatic rings. The Bertz CT molecular complexity index is 898. The van der Waals surface area contributed by atoms with Gasteiger partial charge in [-0.3, -0.25) is 9.36 Å². The van der Waals surface area contributed by atoms with Crippen LogP contribution in [0.5, 0.6) is 0 Å². The topological polar surface area (TPSA) is 128 Å². The molecule has 4 unspecified atom stereocenters. The summed E-state index contributed by atoms with van der Waals surface area (Å²) >= 11 is 0. The van der Waals surface area contributed by atoms with E-state index in [0.29, 0.717) is 23.9 Å². The van der Waals surface area contributed by atoms with Gasteiger partial charge in [-0.2, -0.15) is 0 Å². The molecule has 0 rings (SSSR count). The lowest BCUT2D eigenvalue weighted by Gasteiger charge is -2.31. The number of nitrogens with one attached hydrogen (secondary N) is 1. The molecule has 316 valence electrons. The van der Waals surface area contributed by atoms with Gasteiger partial charge in [-0.25, -0.2) is 0 Å². The minimum Gasteiger partial charge on any atom is -0.756 e. The highest BCUT2D eigenvalue weighted by Crippen LogP contribution is 2.38. The summed E-state index contributed by atoms with van der Waals surface area (Å²) in [5, 5.41) is 24.6. The molecule has 0 saturated heterocycles. The second-order valence-corrected chi connectivity index (χ2v) is 18.0. The molecule has 3 N–H and O–H groups in total. The Hall–Kier alpha value is -0.800. The number of nitrogens with zero attached hydrogens (tertiary/aromatic N) is 1. The van der Waals surface area contributed by atoms with E-state index in [1.165, 1.54) is 122 Å². The van der Waals surface area contributed by atoms with Gasteiger partial charge in [0.25, 0.3) is 7.82 Å². The van der Waals surface area contributed by atoms with Crippen molar-refractivity contribution in [3.63, 3.8) is 0 Å². The Kier molecular flexibility index (Phi) is 35.1. The third-order valence-electron chi connectivity index (χ3n) is 10.1. The van der Waals surface area contributed by atoms with Crippen molar-refractivity contribution in [1.29, 1.82) is 0 Å². The van der Waals surface area contributed by atoms with E-state index in [9.17, 15) is 24.5 Å². The lowest BCUT2D eigenvalue weighted by molar-refractivity contribution is -0.870. The van der Waals surface area contributed by atoms with Crippen LogP contribution in [-0.2, 0) is 18.4 Å². The molecule has 0 spiro atoms. The predicted octanol–water partition coefficient (Wildman–Crippen LogP) is 10.3. The summed E-state index contributed by atoms with van der Waals surface area (Å²) in [7, 11) is 1.13. The molecule has 9 nitrogen and oxygen atoms in total. The van der Waals surface area contributed by atoms with Crippen LogP contribution in [0.4, 0.5) is 0 Å². The molecular weight excluding hydrogens is 687 g/mol. The second kappa shape index (κ2) is 35.6. The van der Waals surface area contributed by atoms with Gasteiger partial charge in [0.05, 0.1) is 39.9 Å². The fourth-order valence-electron chi connectivity index (χ4n) is 6.48. The number of amides is 1. The molecule has 0 aromatic carbocycles. The van der Waals surface area contributed by atoms with Crippen LogP contribution in [0.15, 0.2) is 12.2 Å². The van der Waals surface area contributed by atoms with Gasteiger partial charge in [-0.05, 0) is 38.5 Å². The number of phosphoric acid groups is 1. The van der Waals surface area contributed by atoms with Crippen molar-refractivity contribution in [2.45, 2.75) is 218 Å². The summed E-state index contributed by atoms with van der Waals surface area (Å²) in [6.07, 6.45) is 35.2. The van der Waals surface area contributed by atoms with Gasteiger partial charge in [0, 0.05) is 6.42 Å². The van der Waals surface area contributed by atoms with Crippen LogP contribution in [0.25, 0.3) is 0 Å². The largest absolute Gasteiger partial charge is 0.756 e. The lowest BCUT2D eigenvalue weighted by Crippen LogP contribution is -2.51. The molecule has 4 atom stereocenters. The van der Waals surface area contributed by atoms with Crippen molar-refractivity contribution in [3.05, 3.63) is 12.2 Å². The summed E-state index contributed by atoms with van der Waals surface area (Å²) in [4.78, 5) is 25.3. The van der Waals surface area contributed by atoms with Gasteiger partial charge in [0.15, 0.2) is 0 Å². The smallest absolute Gasteiger partial charge is 0.268 e. The number of quaternary nitrogens is 1. The number of rotatable bonds is 40. The molecule has 0 aromatic heterocycles. The molecule has 53 heavy (non-hydrogen) atoms. The van der Waals surface area contributed by atoms with Gasteiger partial charge in [-0.15, -0.1) is 0 Å². The van der Waals surface area contributed by atoms with E-state index in [2.05, 4.69) is 31.3 Å². The Labute approximate surface area is 327 Å². The number of carbonyl (C=O) groups excluding carboxylic acids is 1. The normalized spacial score (nSPS) is 15.1. The Morgan fingerprint density at radius 2 is 1.08 bits per heavy atom. The lowest BCUT2D eigenvalue weighted by atomic mass is 9.99. The van der Waals surface area contributed by atoms with Crippen molar-refractivity contribution in [2.75, 3.05) is 40.9 Å². The molecule has 0 aliphatic carbocycles. The highest BCUT2D eigenvalue weighted by Gasteiger charge is 2.29. The Balaban J connectivity index is 4.49. The minimum atomic E-state index is -4.66. The number of carbonyl (C=O) groups is 1.